The lowest BCUT2D eigenvalue weighted by Crippen LogP contribution is -2.16. The first-order valence-electron chi connectivity index (χ1n) is 11.9. The van der Waals surface area contributed by atoms with E-state index in [1.54, 1.807) is 60.0 Å². The van der Waals surface area contributed by atoms with Gasteiger partial charge in [0, 0.05) is 11.1 Å². The fourth-order valence-corrected chi connectivity index (χ4v) is 5.44. The Balaban J connectivity index is 1.66. The topological polar surface area (TPSA) is 140 Å². The minimum absolute atomic E-state index is 0.150. The Hall–Kier alpha value is -4.70. The van der Waals surface area contributed by atoms with Crippen LogP contribution in [0.3, 0.4) is 0 Å². The molecule has 4 N–H and O–H groups in total. The van der Waals surface area contributed by atoms with Crippen LogP contribution in [-0.4, -0.2) is 36.4 Å². The van der Waals surface area contributed by atoms with Gasteiger partial charge in [0.2, 0.25) is 0 Å². The molecule has 0 bridgehead atoms. The number of fused-ring (bicyclic) bond motifs is 2. The molecule has 5 rings (SSSR count). The SMILES string of the molecule is CCOC(=O)c1cc2ccc(C(=N)N)nc2n1Cc1cc(NS(=O)(=O)c2ccccc2)cc2ccccc12. The number of ether oxygens (including phenoxy) is 1. The molecular weight excluding hydrogens is 502 g/mol. The number of benzene rings is 3. The summed E-state index contributed by atoms with van der Waals surface area (Å²) in [6.45, 7) is 2.12. The summed E-state index contributed by atoms with van der Waals surface area (Å²) in [5.74, 6) is -0.708. The van der Waals surface area contributed by atoms with E-state index in [0.717, 1.165) is 16.3 Å². The van der Waals surface area contributed by atoms with Crippen LogP contribution < -0.4 is 10.5 Å². The molecule has 0 radical (unpaired) electrons. The third-order valence-corrected chi connectivity index (χ3v) is 7.48. The number of carbonyl (C=O) groups is 1. The number of pyridine rings is 1. The van der Waals surface area contributed by atoms with Crippen molar-refractivity contribution in [2.75, 3.05) is 11.3 Å². The van der Waals surface area contributed by atoms with E-state index in [2.05, 4.69) is 9.71 Å². The molecule has 0 aliphatic heterocycles. The van der Waals surface area contributed by atoms with Gasteiger partial charge in [-0.2, -0.15) is 0 Å². The summed E-state index contributed by atoms with van der Waals surface area (Å²) in [4.78, 5) is 17.6. The Bertz CT molecular complexity index is 1800. The molecule has 0 fully saturated rings. The summed E-state index contributed by atoms with van der Waals surface area (Å²) in [6, 6.07) is 24.3. The lowest BCUT2D eigenvalue weighted by molar-refractivity contribution is 0.0515. The molecular formula is C28H25N5O4S. The predicted molar refractivity (Wildman–Crippen MR) is 147 cm³/mol. The van der Waals surface area contributed by atoms with E-state index in [1.165, 1.54) is 12.1 Å². The summed E-state index contributed by atoms with van der Waals surface area (Å²) in [5.41, 5.74) is 7.84. The van der Waals surface area contributed by atoms with Gasteiger partial charge in [-0.1, -0.05) is 42.5 Å². The van der Waals surface area contributed by atoms with Crippen molar-refractivity contribution >= 4 is 49.3 Å². The summed E-state index contributed by atoms with van der Waals surface area (Å²) < 4.78 is 35.8. The summed E-state index contributed by atoms with van der Waals surface area (Å²) in [7, 11) is -3.82. The van der Waals surface area contributed by atoms with Gasteiger partial charge in [0.05, 0.1) is 18.0 Å². The number of hydrogen-bond acceptors (Lipinski definition) is 6. The number of nitrogens with one attached hydrogen (secondary N) is 2. The molecule has 38 heavy (non-hydrogen) atoms. The van der Waals surface area contributed by atoms with E-state index in [1.807, 2.05) is 24.3 Å². The molecule has 2 heterocycles. The maximum absolute atomic E-state index is 13.0. The Labute approximate surface area is 219 Å². The molecule has 10 heteroatoms. The van der Waals surface area contributed by atoms with Crippen molar-refractivity contribution in [3.05, 3.63) is 102 Å². The highest BCUT2D eigenvalue weighted by atomic mass is 32.2. The van der Waals surface area contributed by atoms with E-state index < -0.39 is 16.0 Å². The largest absolute Gasteiger partial charge is 0.461 e. The second-order valence-electron chi connectivity index (χ2n) is 8.63. The number of nitrogens with zero attached hydrogens (tertiary/aromatic N) is 2. The van der Waals surface area contributed by atoms with E-state index >= 15 is 0 Å². The summed E-state index contributed by atoms with van der Waals surface area (Å²) in [5, 5.41) is 10.2. The fraction of sp³-hybridized carbons (Fsp3) is 0.107. The van der Waals surface area contributed by atoms with Gasteiger partial charge in [-0.25, -0.2) is 18.2 Å². The molecule has 192 valence electrons. The number of aromatic nitrogens is 2. The molecule has 0 atom stereocenters. The number of esters is 1. The fourth-order valence-electron chi connectivity index (χ4n) is 4.38. The molecule has 0 amide bonds. The second-order valence-corrected chi connectivity index (χ2v) is 10.3. The zero-order valence-corrected chi connectivity index (χ0v) is 21.3. The zero-order chi connectivity index (χ0) is 26.9. The molecule has 0 aliphatic rings. The van der Waals surface area contributed by atoms with Crippen molar-refractivity contribution in [1.82, 2.24) is 9.55 Å². The van der Waals surface area contributed by atoms with Crippen LogP contribution in [0.1, 0.15) is 28.7 Å². The second kappa shape index (κ2) is 9.98. The van der Waals surface area contributed by atoms with Crippen molar-refractivity contribution in [3.63, 3.8) is 0 Å². The van der Waals surface area contributed by atoms with Crippen molar-refractivity contribution in [3.8, 4) is 0 Å². The van der Waals surface area contributed by atoms with Crippen molar-refractivity contribution in [2.45, 2.75) is 18.4 Å². The average molecular weight is 528 g/mol. The number of rotatable bonds is 8. The standard InChI is InChI=1S/C28H25N5O4S/c1-2-37-28(34)25-16-19-12-13-24(26(29)30)31-27(19)33(25)17-20-15-21(14-18-8-6-7-11-23(18)20)32-38(35,36)22-9-4-3-5-10-22/h3-16,32H,2,17H2,1H3,(H3,29,30). The van der Waals surface area contributed by atoms with Gasteiger partial charge in [-0.3, -0.25) is 10.1 Å². The van der Waals surface area contributed by atoms with E-state index in [4.69, 9.17) is 15.9 Å². The molecule has 2 aromatic heterocycles. The van der Waals surface area contributed by atoms with Crippen LogP contribution >= 0.6 is 0 Å². The number of hydrogen-bond donors (Lipinski definition) is 3. The van der Waals surface area contributed by atoms with Gasteiger partial charge in [0.25, 0.3) is 10.0 Å². The van der Waals surface area contributed by atoms with Crippen LogP contribution in [-0.2, 0) is 21.3 Å². The molecule has 9 nitrogen and oxygen atoms in total. The molecule has 0 saturated carbocycles. The number of carbonyl (C=O) groups excluding carboxylic acids is 1. The predicted octanol–water partition coefficient (Wildman–Crippen LogP) is 4.50. The lowest BCUT2D eigenvalue weighted by Gasteiger charge is -2.15. The summed E-state index contributed by atoms with van der Waals surface area (Å²) >= 11 is 0. The van der Waals surface area contributed by atoms with Crippen LogP contribution in [0.4, 0.5) is 5.69 Å². The lowest BCUT2D eigenvalue weighted by atomic mass is 10.0. The van der Waals surface area contributed by atoms with Gasteiger partial charge in [-0.05, 0) is 65.7 Å². The summed E-state index contributed by atoms with van der Waals surface area (Å²) in [6.07, 6.45) is 0. The zero-order valence-electron chi connectivity index (χ0n) is 20.5. The molecule has 0 spiro atoms. The van der Waals surface area contributed by atoms with Gasteiger partial charge in [-0.15, -0.1) is 0 Å². The van der Waals surface area contributed by atoms with Gasteiger partial charge >= 0.3 is 5.97 Å². The molecule has 3 aromatic carbocycles. The highest BCUT2D eigenvalue weighted by molar-refractivity contribution is 7.92. The highest BCUT2D eigenvalue weighted by Gasteiger charge is 2.20. The molecule has 0 aliphatic carbocycles. The van der Waals surface area contributed by atoms with Crippen molar-refractivity contribution in [2.24, 2.45) is 5.73 Å². The first-order chi connectivity index (χ1) is 18.3. The Morgan fingerprint density at radius 1 is 1.00 bits per heavy atom. The van der Waals surface area contributed by atoms with Crippen LogP contribution in [0.2, 0.25) is 0 Å². The Morgan fingerprint density at radius 3 is 2.47 bits per heavy atom. The average Bonchev–Trinajstić information content (AvgIpc) is 3.27. The quantitative estimate of drug-likeness (QED) is 0.154. The third kappa shape index (κ3) is 4.81. The van der Waals surface area contributed by atoms with E-state index in [-0.39, 0.29) is 35.3 Å². The minimum Gasteiger partial charge on any atom is -0.461 e. The van der Waals surface area contributed by atoms with Crippen molar-refractivity contribution < 1.29 is 17.9 Å². The normalized spacial score (nSPS) is 11.5. The maximum atomic E-state index is 13.0. The van der Waals surface area contributed by atoms with Gasteiger partial charge in [0.15, 0.2) is 0 Å². The molecule has 0 unspecified atom stereocenters. The van der Waals surface area contributed by atoms with Crippen LogP contribution in [0.5, 0.6) is 0 Å². The minimum atomic E-state index is -3.82. The van der Waals surface area contributed by atoms with Crippen LogP contribution in [0, 0.1) is 5.41 Å². The van der Waals surface area contributed by atoms with E-state index in [9.17, 15) is 13.2 Å². The smallest absolute Gasteiger partial charge is 0.355 e. The molecule has 5 aromatic rings. The third-order valence-electron chi connectivity index (χ3n) is 6.09. The van der Waals surface area contributed by atoms with Gasteiger partial charge in [0.1, 0.15) is 22.9 Å². The number of nitrogen functional groups attached to an aromatic ring is 1. The number of anilines is 1. The van der Waals surface area contributed by atoms with Crippen LogP contribution in [0.15, 0.2) is 89.8 Å². The highest BCUT2D eigenvalue weighted by Crippen LogP contribution is 2.29. The van der Waals surface area contributed by atoms with E-state index in [0.29, 0.717) is 16.7 Å². The first kappa shape index (κ1) is 25.0. The number of nitrogens with two attached hydrogens (primary N) is 1. The number of amidine groups is 1. The van der Waals surface area contributed by atoms with Crippen LogP contribution in [0.25, 0.3) is 21.8 Å². The Morgan fingerprint density at radius 2 is 1.74 bits per heavy atom. The monoisotopic (exact) mass is 527 g/mol. The van der Waals surface area contributed by atoms with Gasteiger partial charge < -0.3 is 15.0 Å². The Kier molecular flexibility index (Phi) is 6.56. The maximum Gasteiger partial charge on any atom is 0.355 e. The van der Waals surface area contributed by atoms with Crippen molar-refractivity contribution in [1.29, 1.82) is 5.41 Å². The first-order valence-corrected chi connectivity index (χ1v) is 13.4. The number of sulfonamides is 1. The molecule has 0 saturated heterocycles.